The van der Waals surface area contributed by atoms with Crippen molar-refractivity contribution in [1.29, 1.82) is 0 Å². The molecule has 0 unspecified atom stereocenters. The topological polar surface area (TPSA) is 51.2 Å². The molecule has 88 valence electrons. The Morgan fingerprint density at radius 3 is 2.44 bits per heavy atom. The van der Waals surface area contributed by atoms with Crippen molar-refractivity contribution >= 4 is 16.1 Å². The summed E-state index contributed by atoms with van der Waals surface area (Å²) in [5.41, 5.74) is -0.00299. The lowest BCUT2D eigenvalue weighted by atomic mass is 10.2. The van der Waals surface area contributed by atoms with Gasteiger partial charge in [0.15, 0.2) is 16.1 Å². The Morgan fingerprint density at radius 2 is 1.88 bits per heavy atom. The molecule has 0 saturated heterocycles. The standard InChI is InChI=1S/C10H10F2O3S/c11-10(12)5-6-16(14,15)9-4-2-1-3-8(9)7-13/h1-4,7,10H,5-6H2. The first kappa shape index (κ1) is 12.8. The molecule has 1 aromatic carbocycles. The Kier molecular flexibility index (Phi) is 4.12. The average Bonchev–Trinajstić information content (AvgIpc) is 2.26. The monoisotopic (exact) mass is 248 g/mol. The van der Waals surface area contributed by atoms with Crippen LogP contribution in [0.5, 0.6) is 0 Å². The van der Waals surface area contributed by atoms with Crippen molar-refractivity contribution in [2.45, 2.75) is 17.7 Å². The third-order valence-electron chi connectivity index (χ3n) is 1.99. The Morgan fingerprint density at radius 1 is 1.25 bits per heavy atom. The summed E-state index contributed by atoms with van der Waals surface area (Å²) in [7, 11) is -3.81. The van der Waals surface area contributed by atoms with E-state index in [1.165, 1.54) is 24.3 Å². The van der Waals surface area contributed by atoms with Gasteiger partial charge in [-0.05, 0) is 6.07 Å². The second-order valence-electron chi connectivity index (χ2n) is 3.15. The average molecular weight is 248 g/mol. The number of halogens is 2. The van der Waals surface area contributed by atoms with Crippen LogP contribution in [0.1, 0.15) is 16.8 Å². The molecular formula is C10H10F2O3S. The van der Waals surface area contributed by atoms with Crippen LogP contribution in [0, 0.1) is 0 Å². The molecule has 0 fully saturated rings. The summed E-state index contributed by atoms with van der Waals surface area (Å²) in [5.74, 6) is -0.657. The molecule has 1 rings (SSSR count). The molecular weight excluding hydrogens is 238 g/mol. The fourth-order valence-corrected chi connectivity index (χ4v) is 2.68. The second-order valence-corrected chi connectivity index (χ2v) is 5.23. The Bertz CT molecular complexity index is 469. The van der Waals surface area contributed by atoms with Gasteiger partial charge in [0.2, 0.25) is 6.43 Å². The largest absolute Gasteiger partial charge is 0.298 e. The fraction of sp³-hybridized carbons (Fsp3) is 0.300. The number of alkyl halides is 2. The SMILES string of the molecule is O=Cc1ccccc1S(=O)(=O)CCC(F)F. The first-order chi connectivity index (χ1) is 7.47. The van der Waals surface area contributed by atoms with Crippen molar-refractivity contribution < 1.29 is 22.0 Å². The van der Waals surface area contributed by atoms with Gasteiger partial charge in [0, 0.05) is 12.0 Å². The maximum Gasteiger partial charge on any atom is 0.239 e. The van der Waals surface area contributed by atoms with E-state index in [1.54, 1.807) is 0 Å². The molecule has 0 aliphatic carbocycles. The summed E-state index contributed by atoms with van der Waals surface area (Å²) in [6.07, 6.45) is -3.00. The van der Waals surface area contributed by atoms with Crippen molar-refractivity contribution in [3.63, 3.8) is 0 Å². The van der Waals surface area contributed by atoms with Crippen LogP contribution in [0.4, 0.5) is 8.78 Å². The number of rotatable bonds is 5. The van der Waals surface area contributed by atoms with Gasteiger partial charge in [0.1, 0.15) is 0 Å². The van der Waals surface area contributed by atoms with E-state index < -0.39 is 28.4 Å². The van der Waals surface area contributed by atoms with E-state index in [0.717, 1.165) is 0 Å². The van der Waals surface area contributed by atoms with Crippen LogP contribution >= 0.6 is 0 Å². The van der Waals surface area contributed by atoms with Crippen LogP contribution in [-0.4, -0.2) is 26.9 Å². The van der Waals surface area contributed by atoms with Crippen molar-refractivity contribution in [3.8, 4) is 0 Å². The van der Waals surface area contributed by atoms with Crippen molar-refractivity contribution in [1.82, 2.24) is 0 Å². The van der Waals surface area contributed by atoms with E-state index in [-0.39, 0.29) is 10.5 Å². The minimum atomic E-state index is -3.81. The predicted octanol–water partition coefficient (Wildman–Crippen LogP) is 1.93. The van der Waals surface area contributed by atoms with E-state index >= 15 is 0 Å². The lowest BCUT2D eigenvalue weighted by Gasteiger charge is -2.06. The molecule has 0 amide bonds. The van der Waals surface area contributed by atoms with Gasteiger partial charge in [-0.3, -0.25) is 4.79 Å². The number of hydrogen-bond acceptors (Lipinski definition) is 3. The molecule has 0 atom stereocenters. The summed E-state index contributed by atoms with van der Waals surface area (Å²) >= 11 is 0. The molecule has 3 nitrogen and oxygen atoms in total. The molecule has 0 N–H and O–H groups in total. The van der Waals surface area contributed by atoms with E-state index in [2.05, 4.69) is 0 Å². The van der Waals surface area contributed by atoms with Crippen LogP contribution in [0.3, 0.4) is 0 Å². The van der Waals surface area contributed by atoms with Gasteiger partial charge in [-0.25, -0.2) is 17.2 Å². The number of carbonyl (C=O) groups is 1. The third kappa shape index (κ3) is 3.10. The van der Waals surface area contributed by atoms with Crippen LogP contribution in [0.2, 0.25) is 0 Å². The van der Waals surface area contributed by atoms with E-state index in [9.17, 15) is 22.0 Å². The third-order valence-corrected chi connectivity index (χ3v) is 3.80. The lowest BCUT2D eigenvalue weighted by molar-refractivity contribution is 0.112. The highest BCUT2D eigenvalue weighted by molar-refractivity contribution is 7.91. The van der Waals surface area contributed by atoms with Gasteiger partial charge < -0.3 is 0 Å². The zero-order valence-electron chi connectivity index (χ0n) is 8.27. The normalized spacial score (nSPS) is 11.7. The van der Waals surface area contributed by atoms with E-state index in [1.807, 2.05) is 0 Å². The molecule has 0 bridgehead atoms. The molecule has 0 aliphatic rings. The minimum Gasteiger partial charge on any atom is -0.298 e. The van der Waals surface area contributed by atoms with Crippen LogP contribution in [0.25, 0.3) is 0 Å². The van der Waals surface area contributed by atoms with Crippen LogP contribution in [-0.2, 0) is 9.84 Å². The summed E-state index contributed by atoms with van der Waals surface area (Å²) in [5, 5.41) is 0. The number of carbonyl (C=O) groups excluding carboxylic acids is 1. The van der Waals surface area contributed by atoms with Crippen molar-refractivity contribution in [2.75, 3.05) is 5.75 Å². The molecule has 16 heavy (non-hydrogen) atoms. The first-order valence-electron chi connectivity index (χ1n) is 4.52. The van der Waals surface area contributed by atoms with E-state index in [4.69, 9.17) is 0 Å². The number of hydrogen-bond donors (Lipinski definition) is 0. The summed E-state index contributed by atoms with van der Waals surface area (Å²) in [6, 6.07) is 5.53. The Labute approximate surface area is 92.0 Å². The van der Waals surface area contributed by atoms with Crippen molar-refractivity contribution in [3.05, 3.63) is 29.8 Å². The molecule has 0 heterocycles. The zero-order valence-corrected chi connectivity index (χ0v) is 9.08. The zero-order chi connectivity index (χ0) is 12.2. The van der Waals surface area contributed by atoms with Gasteiger partial charge in [0.25, 0.3) is 0 Å². The van der Waals surface area contributed by atoms with Crippen LogP contribution < -0.4 is 0 Å². The maximum atomic E-state index is 11.9. The van der Waals surface area contributed by atoms with E-state index in [0.29, 0.717) is 6.29 Å². The van der Waals surface area contributed by atoms with Gasteiger partial charge in [0.05, 0.1) is 10.6 Å². The number of sulfone groups is 1. The summed E-state index contributed by atoms with van der Waals surface area (Å²) in [4.78, 5) is 10.4. The summed E-state index contributed by atoms with van der Waals surface area (Å²) < 4.78 is 47.1. The highest BCUT2D eigenvalue weighted by Gasteiger charge is 2.19. The quantitative estimate of drug-likeness (QED) is 0.748. The smallest absolute Gasteiger partial charge is 0.239 e. The molecule has 1 aromatic rings. The molecule has 6 heteroatoms. The van der Waals surface area contributed by atoms with Crippen molar-refractivity contribution in [2.24, 2.45) is 0 Å². The van der Waals surface area contributed by atoms with Gasteiger partial charge in [-0.15, -0.1) is 0 Å². The number of benzene rings is 1. The predicted molar refractivity (Wildman–Crippen MR) is 54.5 cm³/mol. The summed E-state index contributed by atoms with van der Waals surface area (Å²) in [6.45, 7) is 0. The highest BCUT2D eigenvalue weighted by Crippen LogP contribution is 2.17. The second kappa shape index (κ2) is 5.16. The van der Waals surface area contributed by atoms with Gasteiger partial charge in [-0.1, -0.05) is 18.2 Å². The Balaban J connectivity index is 3.02. The molecule has 0 aliphatic heterocycles. The fourth-order valence-electron chi connectivity index (χ4n) is 1.22. The molecule has 0 aromatic heterocycles. The highest BCUT2D eigenvalue weighted by atomic mass is 32.2. The van der Waals surface area contributed by atoms with Gasteiger partial charge in [-0.2, -0.15) is 0 Å². The number of aldehydes is 1. The minimum absolute atomic E-state index is 0.00299. The maximum absolute atomic E-state index is 11.9. The van der Waals surface area contributed by atoms with Gasteiger partial charge >= 0.3 is 0 Å². The van der Waals surface area contributed by atoms with Crippen LogP contribution in [0.15, 0.2) is 29.2 Å². The molecule has 0 radical (unpaired) electrons. The lowest BCUT2D eigenvalue weighted by Crippen LogP contribution is -2.11. The molecule has 0 saturated carbocycles. The Hall–Kier alpha value is -1.30. The first-order valence-corrected chi connectivity index (χ1v) is 6.17. The molecule has 0 spiro atoms.